The number of esters is 1. The van der Waals surface area contributed by atoms with Crippen molar-refractivity contribution in [3.8, 4) is 0 Å². The van der Waals surface area contributed by atoms with E-state index in [2.05, 4.69) is 10.1 Å². The zero-order valence-corrected chi connectivity index (χ0v) is 10.4. The molecule has 1 aromatic rings. The zero-order valence-electron chi connectivity index (χ0n) is 8.93. The smallest absolute Gasteiger partial charge is 0.306 e. The van der Waals surface area contributed by atoms with Crippen molar-refractivity contribution in [2.75, 3.05) is 13.7 Å². The first-order valence-corrected chi connectivity index (χ1v) is 5.60. The summed E-state index contributed by atoms with van der Waals surface area (Å²) in [6.07, 6.45) is 0.349. The van der Waals surface area contributed by atoms with Crippen LogP contribution in [0.15, 0.2) is 18.2 Å². The third-order valence-corrected chi connectivity index (χ3v) is 2.65. The molecule has 0 amide bonds. The summed E-state index contributed by atoms with van der Waals surface area (Å²) in [4.78, 5) is 10.8. The number of nitrogens with one attached hydrogen (secondary N) is 1. The molecule has 0 heterocycles. The first-order valence-electron chi connectivity index (χ1n) is 4.85. The number of carbonyl (C=O) groups is 1. The SMILES string of the molecule is COC(=O)CCNCc1ccc(Cl)cc1Cl. The molecule has 0 aliphatic carbocycles. The highest BCUT2D eigenvalue weighted by Crippen LogP contribution is 2.20. The molecule has 0 saturated carbocycles. The molecule has 0 bridgehead atoms. The molecule has 0 unspecified atom stereocenters. The van der Waals surface area contributed by atoms with Crippen LogP contribution in [-0.4, -0.2) is 19.6 Å². The van der Waals surface area contributed by atoms with E-state index in [0.29, 0.717) is 29.6 Å². The Bertz CT molecular complexity index is 369. The molecule has 0 fully saturated rings. The van der Waals surface area contributed by atoms with Gasteiger partial charge in [-0.05, 0) is 17.7 Å². The van der Waals surface area contributed by atoms with Gasteiger partial charge in [0.1, 0.15) is 0 Å². The van der Waals surface area contributed by atoms with Crippen LogP contribution < -0.4 is 5.32 Å². The molecule has 0 aliphatic rings. The first-order chi connectivity index (χ1) is 7.63. The van der Waals surface area contributed by atoms with Gasteiger partial charge >= 0.3 is 5.97 Å². The molecule has 16 heavy (non-hydrogen) atoms. The van der Waals surface area contributed by atoms with Gasteiger partial charge in [0.25, 0.3) is 0 Å². The topological polar surface area (TPSA) is 38.3 Å². The Balaban J connectivity index is 2.35. The van der Waals surface area contributed by atoms with Crippen LogP contribution in [0.4, 0.5) is 0 Å². The lowest BCUT2D eigenvalue weighted by Gasteiger charge is -2.06. The Morgan fingerprint density at radius 3 is 2.81 bits per heavy atom. The van der Waals surface area contributed by atoms with Crippen molar-refractivity contribution < 1.29 is 9.53 Å². The zero-order chi connectivity index (χ0) is 12.0. The van der Waals surface area contributed by atoms with Gasteiger partial charge in [-0.15, -0.1) is 0 Å². The average Bonchev–Trinajstić information content (AvgIpc) is 2.26. The van der Waals surface area contributed by atoms with Gasteiger partial charge in [-0.1, -0.05) is 29.3 Å². The van der Waals surface area contributed by atoms with Crippen molar-refractivity contribution in [1.82, 2.24) is 5.32 Å². The van der Waals surface area contributed by atoms with Crippen LogP contribution >= 0.6 is 23.2 Å². The van der Waals surface area contributed by atoms with Crippen LogP contribution in [0.1, 0.15) is 12.0 Å². The van der Waals surface area contributed by atoms with E-state index in [-0.39, 0.29) is 5.97 Å². The highest BCUT2D eigenvalue weighted by atomic mass is 35.5. The number of carbonyl (C=O) groups excluding carboxylic acids is 1. The van der Waals surface area contributed by atoms with Crippen molar-refractivity contribution in [2.45, 2.75) is 13.0 Å². The summed E-state index contributed by atoms with van der Waals surface area (Å²) in [6, 6.07) is 5.33. The Morgan fingerprint density at radius 1 is 1.44 bits per heavy atom. The molecule has 0 aliphatic heterocycles. The fourth-order valence-corrected chi connectivity index (χ4v) is 1.66. The Labute approximate surface area is 105 Å². The maximum atomic E-state index is 10.8. The number of ether oxygens (including phenoxy) is 1. The van der Waals surface area contributed by atoms with Crippen LogP contribution in [0.3, 0.4) is 0 Å². The monoisotopic (exact) mass is 261 g/mol. The molecule has 1 N–H and O–H groups in total. The second-order valence-electron chi connectivity index (χ2n) is 3.24. The summed E-state index contributed by atoms with van der Waals surface area (Å²) in [5.74, 6) is -0.227. The summed E-state index contributed by atoms with van der Waals surface area (Å²) in [5.41, 5.74) is 0.955. The Kier molecular flexibility index (Phi) is 5.60. The lowest BCUT2D eigenvalue weighted by molar-refractivity contribution is -0.140. The maximum Gasteiger partial charge on any atom is 0.306 e. The van der Waals surface area contributed by atoms with Gasteiger partial charge < -0.3 is 10.1 Å². The quantitative estimate of drug-likeness (QED) is 0.654. The molecule has 0 spiro atoms. The number of hydrogen-bond donors (Lipinski definition) is 1. The van der Waals surface area contributed by atoms with Crippen LogP contribution in [-0.2, 0) is 16.1 Å². The molecule has 1 rings (SSSR count). The minimum atomic E-state index is -0.227. The molecule has 5 heteroatoms. The van der Waals surface area contributed by atoms with E-state index in [1.165, 1.54) is 7.11 Å². The van der Waals surface area contributed by atoms with E-state index in [1.54, 1.807) is 12.1 Å². The molecular formula is C11H13Cl2NO2. The molecule has 0 radical (unpaired) electrons. The molecule has 0 atom stereocenters. The summed E-state index contributed by atoms with van der Waals surface area (Å²) >= 11 is 11.8. The molecule has 3 nitrogen and oxygen atoms in total. The van der Waals surface area contributed by atoms with E-state index < -0.39 is 0 Å². The van der Waals surface area contributed by atoms with Gasteiger partial charge in [-0.25, -0.2) is 0 Å². The predicted molar refractivity (Wildman–Crippen MR) is 64.8 cm³/mol. The highest BCUT2D eigenvalue weighted by molar-refractivity contribution is 6.35. The number of benzene rings is 1. The average molecular weight is 262 g/mol. The lowest BCUT2D eigenvalue weighted by Crippen LogP contribution is -2.18. The molecule has 88 valence electrons. The van der Waals surface area contributed by atoms with E-state index in [9.17, 15) is 4.79 Å². The second kappa shape index (κ2) is 6.74. The fourth-order valence-electron chi connectivity index (χ4n) is 1.18. The molecule has 0 aromatic heterocycles. The lowest BCUT2D eigenvalue weighted by atomic mass is 10.2. The second-order valence-corrected chi connectivity index (χ2v) is 4.08. The van der Waals surface area contributed by atoms with Crippen LogP contribution in [0, 0.1) is 0 Å². The summed E-state index contributed by atoms with van der Waals surface area (Å²) < 4.78 is 4.52. The predicted octanol–water partition coefficient (Wildman–Crippen LogP) is 2.65. The minimum Gasteiger partial charge on any atom is -0.469 e. The molecule has 0 saturated heterocycles. The van der Waals surface area contributed by atoms with Gasteiger partial charge in [0.15, 0.2) is 0 Å². The number of hydrogen-bond acceptors (Lipinski definition) is 3. The fraction of sp³-hybridized carbons (Fsp3) is 0.364. The van der Waals surface area contributed by atoms with E-state index in [4.69, 9.17) is 23.2 Å². The maximum absolute atomic E-state index is 10.8. The number of methoxy groups -OCH3 is 1. The van der Waals surface area contributed by atoms with Gasteiger partial charge in [-0.2, -0.15) is 0 Å². The van der Waals surface area contributed by atoms with Crippen molar-refractivity contribution in [3.63, 3.8) is 0 Å². The van der Waals surface area contributed by atoms with Crippen molar-refractivity contribution in [1.29, 1.82) is 0 Å². The van der Waals surface area contributed by atoms with Crippen molar-refractivity contribution in [3.05, 3.63) is 33.8 Å². The third-order valence-electron chi connectivity index (χ3n) is 2.06. The van der Waals surface area contributed by atoms with E-state index in [0.717, 1.165) is 5.56 Å². The first kappa shape index (κ1) is 13.3. The van der Waals surface area contributed by atoms with Crippen LogP contribution in [0.25, 0.3) is 0 Å². The summed E-state index contributed by atoms with van der Waals surface area (Å²) in [6.45, 7) is 1.17. The van der Waals surface area contributed by atoms with Crippen LogP contribution in [0.2, 0.25) is 10.0 Å². The molecule has 1 aromatic carbocycles. The molecular weight excluding hydrogens is 249 g/mol. The van der Waals surface area contributed by atoms with Gasteiger partial charge in [-0.3, -0.25) is 4.79 Å². The summed E-state index contributed by atoms with van der Waals surface area (Å²) in [7, 11) is 1.37. The van der Waals surface area contributed by atoms with Crippen molar-refractivity contribution in [2.24, 2.45) is 0 Å². The van der Waals surface area contributed by atoms with Gasteiger partial charge in [0.05, 0.1) is 13.5 Å². The standard InChI is InChI=1S/C11H13Cl2NO2/c1-16-11(15)4-5-14-7-8-2-3-9(12)6-10(8)13/h2-3,6,14H,4-5,7H2,1H3. The van der Waals surface area contributed by atoms with E-state index >= 15 is 0 Å². The Morgan fingerprint density at radius 2 is 2.19 bits per heavy atom. The third kappa shape index (κ3) is 4.39. The largest absolute Gasteiger partial charge is 0.469 e. The summed E-state index contributed by atoms with van der Waals surface area (Å²) in [5, 5.41) is 4.34. The number of rotatable bonds is 5. The number of halogens is 2. The van der Waals surface area contributed by atoms with Crippen molar-refractivity contribution >= 4 is 29.2 Å². The van der Waals surface area contributed by atoms with Crippen LogP contribution in [0.5, 0.6) is 0 Å². The highest BCUT2D eigenvalue weighted by Gasteiger charge is 2.02. The van der Waals surface area contributed by atoms with Gasteiger partial charge in [0.2, 0.25) is 0 Å². The normalized spacial score (nSPS) is 10.2. The Hall–Kier alpha value is -0.770. The van der Waals surface area contributed by atoms with E-state index in [1.807, 2.05) is 6.07 Å². The van der Waals surface area contributed by atoms with Gasteiger partial charge in [0, 0.05) is 23.1 Å². The minimum absolute atomic E-state index is 0.227.